The normalized spacial score (nSPS) is 12.0. The molecule has 0 amide bonds. The second-order valence-corrected chi connectivity index (χ2v) is 9.55. The second-order valence-electron chi connectivity index (χ2n) is 8.75. The van der Waals surface area contributed by atoms with E-state index in [0.29, 0.717) is 0 Å². The molecule has 2 nitrogen and oxygen atoms in total. The van der Waals surface area contributed by atoms with Crippen molar-refractivity contribution in [1.29, 1.82) is 0 Å². The van der Waals surface area contributed by atoms with E-state index in [1.165, 1.54) is 49.3 Å². The number of aromatic nitrogens is 1. The zero-order valence-electron chi connectivity index (χ0n) is 18.6. The Hall–Kier alpha value is -3.45. The van der Waals surface area contributed by atoms with E-state index in [1.54, 1.807) is 0 Å². The van der Waals surface area contributed by atoms with Crippen molar-refractivity contribution in [3.63, 3.8) is 0 Å². The molecule has 33 heavy (non-hydrogen) atoms. The molecule has 0 spiro atoms. The molecule has 1 aromatic heterocycles. The van der Waals surface area contributed by atoms with Crippen molar-refractivity contribution in [2.45, 2.75) is 13.8 Å². The van der Waals surface area contributed by atoms with Crippen molar-refractivity contribution in [2.75, 3.05) is 0 Å². The lowest BCUT2D eigenvalue weighted by Gasteiger charge is -2.15. The van der Waals surface area contributed by atoms with Crippen LogP contribution in [0.5, 0.6) is 0 Å². The third-order valence-corrected chi connectivity index (χ3v) is 7.06. The van der Waals surface area contributed by atoms with Crippen LogP contribution < -0.4 is 5.30 Å². The summed E-state index contributed by atoms with van der Waals surface area (Å²) < 4.78 is 2.42. The summed E-state index contributed by atoms with van der Waals surface area (Å²) in [7, 11) is -0.191. The van der Waals surface area contributed by atoms with Gasteiger partial charge in [-0.15, -0.1) is 0 Å². The molecule has 0 aliphatic carbocycles. The molecule has 0 radical (unpaired) electrons. The molecule has 0 fully saturated rings. The Morgan fingerprint density at radius 1 is 0.606 bits per heavy atom. The molecule has 0 saturated heterocycles. The number of aryl methyl sites for hydroxylation is 2. The number of hydrogen-bond donors (Lipinski definition) is 1. The van der Waals surface area contributed by atoms with Crippen LogP contribution in [-0.2, 0) is 0 Å². The van der Waals surface area contributed by atoms with Gasteiger partial charge in [-0.1, -0.05) is 78.9 Å². The van der Waals surface area contributed by atoms with Crippen LogP contribution in [0.25, 0.3) is 49.4 Å². The van der Waals surface area contributed by atoms with E-state index < -0.39 is 0 Å². The molecule has 6 aromatic rings. The van der Waals surface area contributed by atoms with E-state index >= 15 is 0 Å². The second kappa shape index (κ2) is 7.85. The minimum atomic E-state index is -0.191. The molecule has 5 aromatic carbocycles. The first kappa shape index (κ1) is 20.2. The summed E-state index contributed by atoms with van der Waals surface area (Å²) in [6, 6.07) is 34.8. The molecule has 0 saturated carbocycles. The van der Waals surface area contributed by atoms with Crippen LogP contribution in [0, 0.1) is 13.8 Å². The van der Waals surface area contributed by atoms with Crippen LogP contribution in [-0.4, -0.2) is 9.46 Å². The van der Waals surface area contributed by atoms with Crippen LogP contribution in [0.3, 0.4) is 0 Å². The van der Waals surface area contributed by atoms with Crippen molar-refractivity contribution in [3.05, 3.63) is 108 Å². The van der Waals surface area contributed by atoms with Gasteiger partial charge in [0.2, 0.25) is 0 Å². The first-order valence-corrected chi connectivity index (χ1v) is 12.1. The average molecular weight is 446 g/mol. The maximum atomic E-state index is 9.57. The Balaban J connectivity index is 1.83. The Morgan fingerprint density at radius 3 is 1.76 bits per heavy atom. The lowest BCUT2D eigenvalue weighted by atomic mass is 9.98. The van der Waals surface area contributed by atoms with Crippen molar-refractivity contribution in [1.82, 2.24) is 4.57 Å². The van der Waals surface area contributed by atoms with Crippen LogP contribution in [0.15, 0.2) is 97.1 Å². The highest BCUT2D eigenvalue weighted by molar-refractivity contribution is 7.40. The van der Waals surface area contributed by atoms with Crippen molar-refractivity contribution < 1.29 is 4.89 Å². The van der Waals surface area contributed by atoms with Gasteiger partial charge in [-0.05, 0) is 70.2 Å². The van der Waals surface area contributed by atoms with E-state index in [9.17, 15) is 4.89 Å². The van der Waals surface area contributed by atoms with E-state index in [4.69, 9.17) is 0 Å². The molecule has 160 valence electrons. The molecule has 0 aliphatic heterocycles. The van der Waals surface area contributed by atoms with E-state index in [-0.39, 0.29) is 8.81 Å². The SMILES string of the molecule is Cc1cc(C)cc(-n2c(-c3ccc(PO)cc3)cc3c4ccccc4c4ccccc4c32)c1. The van der Waals surface area contributed by atoms with Gasteiger partial charge in [0.05, 0.1) is 11.2 Å². The summed E-state index contributed by atoms with van der Waals surface area (Å²) in [5, 5.41) is 7.28. The monoisotopic (exact) mass is 445 g/mol. The van der Waals surface area contributed by atoms with Gasteiger partial charge in [0.15, 0.2) is 0 Å². The first-order chi connectivity index (χ1) is 16.1. The molecular formula is C30H24NOP. The molecule has 3 heteroatoms. The fraction of sp³-hybridized carbons (Fsp3) is 0.0667. The summed E-state index contributed by atoms with van der Waals surface area (Å²) in [6.45, 7) is 4.32. The van der Waals surface area contributed by atoms with Gasteiger partial charge < -0.3 is 9.46 Å². The molecule has 1 heterocycles. The fourth-order valence-electron chi connectivity index (χ4n) is 5.13. The predicted molar refractivity (Wildman–Crippen MR) is 143 cm³/mol. The van der Waals surface area contributed by atoms with Gasteiger partial charge >= 0.3 is 0 Å². The first-order valence-electron chi connectivity index (χ1n) is 11.2. The van der Waals surface area contributed by atoms with Gasteiger partial charge in [-0.25, -0.2) is 0 Å². The highest BCUT2D eigenvalue weighted by Gasteiger charge is 2.18. The van der Waals surface area contributed by atoms with Gasteiger partial charge in [-0.3, -0.25) is 0 Å². The van der Waals surface area contributed by atoms with E-state index in [1.807, 2.05) is 12.1 Å². The summed E-state index contributed by atoms with van der Waals surface area (Å²) in [4.78, 5) is 9.57. The zero-order chi connectivity index (χ0) is 22.5. The fourth-order valence-corrected chi connectivity index (χ4v) is 5.45. The molecule has 0 bridgehead atoms. The van der Waals surface area contributed by atoms with Crippen LogP contribution in [0.1, 0.15) is 11.1 Å². The molecule has 1 atom stereocenters. The van der Waals surface area contributed by atoms with E-state index in [2.05, 4.69) is 103 Å². The zero-order valence-corrected chi connectivity index (χ0v) is 19.6. The van der Waals surface area contributed by atoms with E-state index in [0.717, 1.165) is 16.6 Å². The molecule has 6 rings (SSSR count). The largest absolute Gasteiger partial charge is 0.372 e. The van der Waals surface area contributed by atoms with Crippen molar-refractivity contribution in [2.24, 2.45) is 0 Å². The summed E-state index contributed by atoms with van der Waals surface area (Å²) in [6.07, 6.45) is 0. The van der Waals surface area contributed by atoms with Crippen molar-refractivity contribution in [3.8, 4) is 16.9 Å². The number of hydrogen-bond acceptors (Lipinski definition) is 1. The molecule has 1 unspecified atom stereocenters. The Morgan fingerprint density at radius 2 is 1.15 bits per heavy atom. The number of nitrogens with zero attached hydrogens (tertiary/aromatic N) is 1. The average Bonchev–Trinajstić information content (AvgIpc) is 3.25. The lowest BCUT2D eigenvalue weighted by Crippen LogP contribution is -2.00. The Bertz CT molecular complexity index is 1640. The number of rotatable bonds is 3. The molecule has 1 N–H and O–H groups in total. The van der Waals surface area contributed by atoms with Crippen molar-refractivity contribution >= 4 is 46.6 Å². The van der Waals surface area contributed by atoms with Crippen LogP contribution >= 0.6 is 8.81 Å². The maximum absolute atomic E-state index is 9.57. The van der Waals surface area contributed by atoms with Crippen LogP contribution in [0.2, 0.25) is 0 Å². The smallest absolute Gasteiger partial charge is 0.0619 e. The predicted octanol–water partition coefficient (Wildman–Crippen LogP) is 7.43. The summed E-state index contributed by atoms with van der Waals surface area (Å²) in [5.74, 6) is 0. The number of benzene rings is 5. The Kier molecular flexibility index (Phi) is 4.80. The molecule has 0 aliphatic rings. The minimum absolute atomic E-state index is 0.191. The maximum Gasteiger partial charge on any atom is 0.0619 e. The summed E-state index contributed by atoms with van der Waals surface area (Å²) in [5.41, 5.74) is 7.20. The van der Waals surface area contributed by atoms with Gasteiger partial charge in [0.25, 0.3) is 0 Å². The standard InChI is InChI=1S/C30H24NOP/c1-19-15-20(2)17-22(16-19)31-29(21-11-13-23(33-32)14-12-21)18-28-26-9-4-3-7-24(26)25-8-5-6-10-27(25)30(28)31/h3-18,32-33H,1-2H3. The number of fused-ring (bicyclic) bond motifs is 6. The highest BCUT2D eigenvalue weighted by atomic mass is 31.1. The van der Waals surface area contributed by atoms with Gasteiger partial charge in [0, 0.05) is 25.3 Å². The van der Waals surface area contributed by atoms with Gasteiger partial charge in [-0.2, -0.15) is 0 Å². The minimum Gasteiger partial charge on any atom is -0.372 e. The third-order valence-electron chi connectivity index (χ3n) is 6.46. The quantitative estimate of drug-likeness (QED) is 0.222. The Labute approximate surface area is 195 Å². The van der Waals surface area contributed by atoms with Crippen LogP contribution in [0.4, 0.5) is 0 Å². The summed E-state index contributed by atoms with van der Waals surface area (Å²) >= 11 is 0. The third kappa shape index (κ3) is 3.26. The lowest BCUT2D eigenvalue weighted by molar-refractivity contribution is 0.655. The molecular weight excluding hydrogens is 421 g/mol. The van der Waals surface area contributed by atoms with Gasteiger partial charge in [0.1, 0.15) is 0 Å². The topological polar surface area (TPSA) is 25.2 Å². The highest BCUT2D eigenvalue weighted by Crippen LogP contribution is 2.41.